The molecule has 1 aliphatic heterocycles. The fourth-order valence-corrected chi connectivity index (χ4v) is 5.41. The van der Waals surface area contributed by atoms with Gasteiger partial charge >= 0.3 is 11.9 Å². The molecule has 1 saturated heterocycles. The number of carbonyl (C=O) groups is 3. The number of carboxylic acids is 1. The molecule has 1 spiro atoms. The average Bonchev–Trinajstić information content (AvgIpc) is 3.21. The molecule has 7 heteroatoms. The lowest BCUT2D eigenvalue weighted by atomic mass is 9.62. The minimum atomic E-state index is -0.854. The number of ether oxygens (including phenoxy) is 1. The number of nitrogens with one attached hydrogen (secondary N) is 2. The highest BCUT2D eigenvalue weighted by molar-refractivity contribution is 5.88. The molecule has 1 heterocycles. The van der Waals surface area contributed by atoms with Crippen molar-refractivity contribution in [1.82, 2.24) is 10.6 Å². The number of carbonyl (C=O) groups excluding carboxylic acids is 2. The minimum absolute atomic E-state index is 0.0755. The number of ketones is 1. The Hall–Kier alpha value is -2.25. The summed E-state index contributed by atoms with van der Waals surface area (Å²) >= 11 is 0. The van der Waals surface area contributed by atoms with E-state index in [4.69, 9.17) is 4.74 Å². The third-order valence-electron chi connectivity index (χ3n) is 7.12. The quantitative estimate of drug-likeness (QED) is 0.477. The van der Waals surface area contributed by atoms with E-state index in [1.54, 1.807) is 6.92 Å². The molecule has 2 aliphatic rings. The van der Waals surface area contributed by atoms with Crippen molar-refractivity contribution in [2.75, 3.05) is 13.2 Å². The van der Waals surface area contributed by atoms with E-state index >= 15 is 0 Å². The zero-order chi connectivity index (χ0) is 23.1. The first-order chi connectivity index (χ1) is 15.4. The summed E-state index contributed by atoms with van der Waals surface area (Å²) in [5.41, 5.74) is 0.822. The number of hydrogen-bond donors (Lipinski definition) is 3. The number of aryl methyl sites for hydroxylation is 1. The monoisotopic (exact) mass is 444 g/mol. The number of aliphatic carboxylic acids is 1. The number of rotatable bonds is 10. The zero-order valence-electron chi connectivity index (χ0n) is 19.1. The van der Waals surface area contributed by atoms with Gasteiger partial charge in [0.25, 0.3) is 0 Å². The van der Waals surface area contributed by atoms with Gasteiger partial charge in [-0.05, 0) is 56.9 Å². The van der Waals surface area contributed by atoms with Crippen LogP contribution in [0.15, 0.2) is 30.3 Å². The molecule has 7 nitrogen and oxygen atoms in total. The molecule has 2 fully saturated rings. The number of Topliss-reactive ketones (excluding diaryl/α,β-unsaturated/α-hetero) is 1. The van der Waals surface area contributed by atoms with E-state index in [2.05, 4.69) is 10.6 Å². The molecule has 3 rings (SSSR count). The summed E-state index contributed by atoms with van der Waals surface area (Å²) in [5.74, 6) is -1.32. The summed E-state index contributed by atoms with van der Waals surface area (Å²) in [6.45, 7) is 4.44. The Bertz CT molecular complexity index is 799. The van der Waals surface area contributed by atoms with Gasteiger partial charge in [-0.25, -0.2) is 0 Å². The molecule has 5 atom stereocenters. The van der Waals surface area contributed by atoms with E-state index in [9.17, 15) is 19.5 Å². The molecule has 0 bridgehead atoms. The Balaban J connectivity index is 1.68. The summed E-state index contributed by atoms with van der Waals surface area (Å²) < 4.78 is 5.26. The summed E-state index contributed by atoms with van der Waals surface area (Å²) in [7, 11) is 0. The van der Waals surface area contributed by atoms with Crippen LogP contribution in [0.1, 0.15) is 57.9 Å². The van der Waals surface area contributed by atoms with Crippen molar-refractivity contribution < 1.29 is 24.2 Å². The molecule has 0 amide bonds. The van der Waals surface area contributed by atoms with Gasteiger partial charge in [0.1, 0.15) is 12.1 Å². The summed E-state index contributed by atoms with van der Waals surface area (Å²) in [6.07, 6.45) is 5.35. The lowest BCUT2D eigenvalue weighted by Gasteiger charge is -2.41. The third kappa shape index (κ3) is 5.75. The van der Waals surface area contributed by atoms with E-state index in [1.165, 1.54) is 0 Å². The van der Waals surface area contributed by atoms with Crippen molar-refractivity contribution >= 4 is 17.7 Å². The van der Waals surface area contributed by atoms with Crippen LogP contribution in [0.4, 0.5) is 0 Å². The van der Waals surface area contributed by atoms with Gasteiger partial charge in [-0.3, -0.25) is 19.7 Å². The summed E-state index contributed by atoms with van der Waals surface area (Å²) in [6, 6.07) is 8.27. The molecule has 0 radical (unpaired) electrons. The summed E-state index contributed by atoms with van der Waals surface area (Å²) in [5, 5.41) is 15.8. The fraction of sp³-hybridized carbons (Fsp3) is 0.640. The van der Waals surface area contributed by atoms with E-state index in [-0.39, 0.29) is 23.1 Å². The van der Waals surface area contributed by atoms with Crippen LogP contribution < -0.4 is 10.6 Å². The Morgan fingerprint density at radius 2 is 2.00 bits per heavy atom. The van der Waals surface area contributed by atoms with Gasteiger partial charge < -0.3 is 15.2 Å². The minimum Gasteiger partial charge on any atom is -0.480 e. The van der Waals surface area contributed by atoms with Crippen LogP contribution in [0.25, 0.3) is 0 Å². The van der Waals surface area contributed by atoms with E-state index in [0.29, 0.717) is 32.4 Å². The molecule has 1 aromatic carbocycles. The van der Waals surface area contributed by atoms with Crippen LogP contribution in [0, 0.1) is 11.3 Å². The third-order valence-corrected chi connectivity index (χ3v) is 7.12. The van der Waals surface area contributed by atoms with Crippen LogP contribution in [0.2, 0.25) is 0 Å². The second kappa shape index (κ2) is 11.1. The number of benzene rings is 1. The molecule has 1 aromatic rings. The first kappa shape index (κ1) is 24.4. The highest BCUT2D eigenvalue weighted by Crippen LogP contribution is 2.48. The molecule has 1 aliphatic carbocycles. The van der Waals surface area contributed by atoms with Gasteiger partial charge in [0.2, 0.25) is 0 Å². The van der Waals surface area contributed by atoms with Crippen molar-refractivity contribution in [2.24, 2.45) is 11.3 Å². The Morgan fingerprint density at radius 3 is 2.66 bits per heavy atom. The van der Waals surface area contributed by atoms with Crippen LogP contribution in [-0.4, -0.2) is 54.1 Å². The second-order valence-corrected chi connectivity index (χ2v) is 9.26. The largest absolute Gasteiger partial charge is 0.480 e. The van der Waals surface area contributed by atoms with Crippen molar-refractivity contribution in [1.29, 1.82) is 0 Å². The van der Waals surface area contributed by atoms with Crippen molar-refractivity contribution in [3.8, 4) is 0 Å². The van der Waals surface area contributed by atoms with Gasteiger partial charge in [-0.15, -0.1) is 0 Å². The number of hydrogen-bond acceptors (Lipinski definition) is 6. The van der Waals surface area contributed by atoms with Gasteiger partial charge in [0, 0.05) is 12.5 Å². The number of esters is 1. The molecule has 0 aromatic heterocycles. The second-order valence-electron chi connectivity index (χ2n) is 9.26. The molecular weight excluding hydrogens is 408 g/mol. The Morgan fingerprint density at radius 1 is 1.25 bits per heavy atom. The first-order valence-corrected chi connectivity index (χ1v) is 11.8. The molecule has 176 valence electrons. The predicted molar refractivity (Wildman–Crippen MR) is 121 cm³/mol. The Kier molecular flexibility index (Phi) is 8.43. The van der Waals surface area contributed by atoms with E-state index in [0.717, 1.165) is 31.2 Å². The van der Waals surface area contributed by atoms with Gasteiger partial charge in [-0.2, -0.15) is 0 Å². The lowest BCUT2D eigenvalue weighted by molar-refractivity contribution is -0.146. The average molecular weight is 445 g/mol. The van der Waals surface area contributed by atoms with Crippen LogP contribution in [0.5, 0.6) is 0 Å². The molecule has 3 N–H and O–H groups in total. The maximum absolute atomic E-state index is 13.5. The van der Waals surface area contributed by atoms with E-state index < -0.39 is 24.1 Å². The Labute approximate surface area is 190 Å². The van der Waals surface area contributed by atoms with Crippen molar-refractivity contribution in [3.05, 3.63) is 35.9 Å². The molecule has 1 saturated carbocycles. The normalized spacial score (nSPS) is 27.1. The summed E-state index contributed by atoms with van der Waals surface area (Å²) in [4.78, 5) is 37.6. The first-order valence-electron chi connectivity index (χ1n) is 11.8. The number of carboxylic acid groups (broad SMARTS) is 1. The van der Waals surface area contributed by atoms with Crippen LogP contribution in [0.3, 0.4) is 0 Å². The maximum atomic E-state index is 13.5. The van der Waals surface area contributed by atoms with E-state index in [1.807, 2.05) is 37.3 Å². The zero-order valence-corrected chi connectivity index (χ0v) is 19.1. The standard InChI is InChI=1S/C25H36N2O5/c1-3-32-24(31)20(13-12-18-9-5-4-6-10-18)27-17(2)22(28)19-11-7-8-14-25(19)15-21(23(29)30)26-16-25/h4-6,9-10,17,19-21,26-27H,3,7-8,11-16H2,1-2H3,(H,29,30)/t17-,19?,20+,21+,25?/m1/s1. The molecule has 32 heavy (non-hydrogen) atoms. The molecular formula is C25H36N2O5. The lowest BCUT2D eigenvalue weighted by Crippen LogP contribution is -2.51. The van der Waals surface area contributed by atoms with Crippen LogP contribution >= 0.6 is 0 Å². The fourth-order valence-electron chi connectivity index (χ4n) is 5.41. The van der Waals surface area contributed by atoms with Crippen molar-refractivity contribution in [3.63, 3.8) is 0 Å². The van der Waals surface area contributed by atoms with Gasteiger partial charge in [0.05, 0.1) is 12.6 Å². The molecule has 2 unspecified atom stereocenters. The highest BCUT2D eigenvalue weighted by Gasteiger charge is 2.51. The van der Waals surface area contributed by atoms with Gasteiger partial charge in [0.15, 0.2) is 5.78 Å². The smallest absolute Gasteiger partial charge is 0.323 e. The SMILES string of the molecule is CCOC(=O)[C@H](CCc1ccccc1)N[C@H](C)C(=O)C1CCCCC12CN[C@H](C(=O)O)C2. The topological polar surface area (TPSA) is 105 Å². The maximum Gasteiger partial charge on any atom is 0.323 e. The van der Waals surface area contributed by atoms with Gasteiger partial charge in [-0.1, -0.05) is 43.2 Å². The highest BCUT2D eigenvalue weighted by atomic mass is 16.5. The van der Waals surface area contributed by atoms with Crippen LogP contribution in [-0.2, 0) is 25.5 Å². The predicted octanol–water partition coefficient (Wildman–Crippen LogP) is 2.72. The van der Waals surface area contributed by atoms with Crippen molar-refractivity contribution in [2.45, 2.75) is 76.9 Å².